The first-order valence-corrected chi connectivity index (χ1v) is 10.9. The van der Waals surface area contributed by atoms with Crippen LogP contribution in [-0.2, 0) is 0 Å². The highest BCUT2D eigenvalue weighted by molar-refractivity contribution is 8.77. The zero-order valence-corrected chi connectivity index (χ0v) is 14.1. The Morgan fingerprint density at radius 2 is 0.850 bits per heavy atom. The molecule has 10 heteroatoms. The molecular weight excluding hydrogens is 344 g/mol. The fourth-order valence-electron chi connectivity index (χ4n) is 0.817. The van der Waals surface area contributed by atoms with Crippen molar-refractivity contribution in [3.8, 4) is 0 Å². The minimum Gasteiger partial charge on any atom is -0.394 e. The summed E-state index contributed by atoms with van der Waals surface area (Å²) in [7, 11) is 5.31. The Morgan fingerprint density at radius 1 is 0.550 bits per heavy atom. The lowest BCUT2D eigenvalue weighted by molar-refractivity contribution is 0.0503. The molecule has 122 valence electrons. The Labute approximate surface area is 134 Å². The lowest BCUT2D eigenvalue weighted by Gasteiger charge is -2.17. The lowest BCUT2D eigenvalue weighted by Crippen LogP contribution is -2.30. The van der Waals surface area contributed by atoms with Gasteiger partial charge in [0.25, 0.3) is 0 Å². The molecule has 0 bridgehead atoms. The fraction of sp³-hybridized carbons (Fsp3) is 1.00. The molecule has 0 aliphatic heterocycles. The highest BCUT2D eigenvalue weighted by atomic mass is 33.1. The van der Waals surface area contributed by atoms with Crippen molar-refractivity contribution in [3.63, 3.8) is 0 Å². The Bertz CT molecular complexity index is 204. The lowest BCUT2D eigenvalue weighted by atomic mass is 10.3. The van der Waals surface area contributed by atoms with Gasteiger partial charge in [0.2, 0.25) is 0 Å². The molecule has 0 radical (unpaired) electrons. The van der Waals surface area contributed by atoms with E-state index in [-0.39, 0.29) is 13.2 Å². The summed E-state index contributed by atoms with van der Waals surface area (Å²) in [4.78, 5) is 0. The van der Waals surface area contributed by atoms with Crippen LogP contribution in [0, 0.1) is 0 Å². The Balaban J connectivity index is 3.53. The summed E-state index contributed by atoms with van der Waals surface area (Å²) < 4.78 is 0. The molecular formula is C10H22O6S4. The van der Waals surface area contributed by atoms with Gasteiger partial charge in [-0.2, -0.15) is 0 Å². The summed E-state index contributed by atoms with van der Waals surface area (Å²) in [6.45, 7) is -0.571. The minimum absolute atomic E-state index is 0.285. The first-order chi connectivity index (χ1) is 9.51. The van der Waals surface area contributed by atoms with Crippen LogP contribution in [0.4, 0.5) is 0 Å². The highest BCUT2D eigenvalue weighted by Crippen LogP contribution is 2.26. The van der Waals surface area contributed by atoms with Crippen LogP contribution in [0.1, 0.15) is 0 Å². The largest absolute Gasteiger partial charge is 0.394 e. The van der Waals surface area contributed by atoms with Gasteiger partial charge < -0.3 is 30.6 Å². The van der Waals surface area contributed by atoms with Crippen LogP contribution in [0.15, 0.2) is 0 Å². The summed E-state index contributed by atoms with van der Waals surface area (Å²) in [5.74, 6) is 1.39. The van der Waals surface area contributed by atoms with Crippen molar-refractivity contribution in [3.05, 3.63) is 0 Å². The van der Waals surface area contributed by atoms with Gasteiger partial charge in [-0.3, -0.25) is 0 Å². The average Bonchev–Trinajstić information content (AvgIpc) is 2.46. The van der Waals surface area contributed by atoms with Gasteiger partial charge in [-0.05, 0) is 0 Å². The van der Waals surface area contributed by atoms with E-state index in [1.54, 1.807) is 0 Å². The normalized spacial score (nSPS) is 17.7. The Kier molecular flexibility index (Phi) is 14.6. The molecule has 0 saturated carbocycles. The van der Waals surface area contributed by atoms with Crippen molar-refractivity contribution in [2.24, 2.45) is 0 Å². The number of aliphatic hydroxyl groups excluding tert-OH is 6. The van der Waals surface area contributed by atoms with Crippen LogP contribution in [0.25, 0.3) is 0 Å². The smallest absolute Gasteiger partial charge is 0.0906 e. The molecule has 0 aliphatic carbocycles. The second-order valence-electron chi connectivity index (χ2n) is 3.95. The van der Waals surface area contributed by atoms with Crippen LogP contribution in [0.2, 0.25) is 0 Å². The molecule has 0 aromatic carbocycles. The van der Waals surface area contributed by atoms with Gasteiger partial charge in [0.05, 0.1) is 37.6 Å². The second-order valence-corrected chi connectivity index (χ2v) is 9.05. The van der Waals surface area contributed by atoms with E-state index >= 15 is 0 Å². The molecule has 0 fully saturated rings. The Morgan fingerprint density at radius 3 is 1.15 bits per heavy atom. The first-order valence-electron chi connectivity index (χ1n) is 5.94. The monoisotopic (exact) mass is 366 g/mol. The highest BCUT2D eigenvalue weighted by Gasteiger charge is 2.17. The number of rotatable bonds is 13. The number of aliphatic hydroxyl groups is 6. The predicted octanol–water partition coefficient (Wildman–Crippen LogP) is -0.823. The van der Waals surface area contributed by atoms with Crippen LogP contribution in [0.3, 0.4) is 0 Å². The van der Waals surface area contributed by atoms with E-state index in [2.05, 4.69) is 0 Å². The molecule has 6 nitrogen and oxygen atoms in total. The van der Waals surface area contributed by atoms with E-state index < -0.39 is 24.4 Å². The zero-order chi connectivity index (χ0) is 15.4. The summed E-state index contributed by atoms with van der Waals surface area (Å²) in [6.07, 6.45) is -3.26. The molecule has 4 atom stereocenters. The van der Waals surface area contributed by atoms with E-state index in [4.69, 9.17) is 20.4 Å². The first kappa shape index (κ1) is 21.2. The van der Waals surface area contributed by atoms with Gasteiger partial charge in [0.1, 0.15) is 0 Å². The summed E-state index contributed by atoms with van der Waals surface area (Å²) in [5.41, 5.74) is 0. The molecule has 0 heterocycles. The van der Waals surface area contributed by atoms with Crippen molar-refractivity contribution < 1.29 is 30.6 Å². The molecule has 6 N–H and O–H groups in total. The van der Waals surface area contributed by atoms with Crippen molar-refractivity contribution in [2.75, 3.05) is 36.2 Å². The zero-order valence-electron chi connectivity index (χ0n) is 10.9. The molecule has 0 saturated heterocycles. The maximum atomic E-state index is 9.69. The summed E-state index contributed by atoms with van der Waals surface area (Å²) in [5, 5.41) is 54.8. The summed E-state index contributed by atoms with van der Waals surface area (Å²) >= 11 is 0. The van der Waals surface area contributed by atoms with E-state index in [0.29, 0.717) is 23.0 Å². The Hall–Kier alpha value is 1.16. The number of hydrogen-bond donors (Lipinski definition) is 6. The van der Waals surface area contributed by atoms with Crippen molar-refractivity contribution in [1.29, 1.82) is 0 Å². The molecule has 0 aromatic rings. The van der Waals surface area contributed by atoms with Gasteiger partial charge in [0.15, 0.2) is 0 Å². The molecule has 0 aliphatic rings. The topological polar surface area (TPSA) is 121 Å². The maximum Gasteiger partial charge on any atom is 0.0906 e. The third-order valence-corrected chi connectivity index (χ3v) is 6.99. The molecule has 20 heavy (non-hydrogen) atoms. The number of hydrogen-bond acceptors (Lipinski definition) is 10. The van der Waals surface area contributed by atoms with Crippen molar-refractivity contribution >= 4 is 43.2 Å². The molecule has 0 rings (SSSR count). The maximum absolute atomic E-state index is 9.69. The predicted molar refractivity (Wildman–Crippen MR) is 88.0 cm³/mol. The third-order valence-electron chi connectivity index (χ3n) is 2.03. The fourth-order valence-corrected chi connectivity index (χ4v) is 5.38. The minimum atomic E-state index is -0.866. The van der Waals surface area contributed by atoms with E-state index in [9.17, 15) is 10.2 Å². The van der Waals surface area contributed by atoms with Crippen LogP contribution in [-0.4, -0.2) is 91.3 Å². The van der Waals surface area contributed by atoms with Gasteiger partial charge in [-0.15, -0.1) is 0 Å². The van der Waals surface area contributed by atoms with E-state index in [1.807, 2.05) is 0 Å². The molecule has 0 amide bonds. The molecule has 0 aromatic heterocycles. The van der Waals surface area contributed by atoms with Crippen molar-refractivity contribution in [1.82, 2.24) is 0 Å². The SMILES string of the molecule is OCC(O)CSSCC(O)C(O)CSSCC(O)CO. The van der Waals surface area contributed by atoms with Gasteiger partial charge in [-0.25, -0.2) is 0 Å². The average molecular weight is 367 g/mol. The molecule has 4 unspecified atom stereocenters. The van der Waals surface area contributed by atoms with Gasteiger partial charge in [0, 0.05) is 23.0 Å². The van der Waals surface area contributed by atoms with Gasteiger partial charge in [-0.1, -0.05) is 43.2 Å². The summed E-state index contributed by atoms with van der Waals surface area (Å²) in [6, 6.07) is 0. The van der Waals surface area contributed by atoms with Crippen LogP contribution in [0.5, 0.6) is 0 Å². The van der Waals surface area contributed by atoms with E-state index in [1.165, 1.54) is 43.2 Å². The second kappa shape index (κ2) is 13.8. The quantitative estimate of drug-likeness (QED) is 0.182. The third kappa shape index (κ3) is 11.8. The van der Waals surface area contributed by atoms with E-state index in [0.717, 1.165) is 0 Å². The van der Waals surface area contributed by atoms with Crippen LogP contribution >= 0.6 is 43.2 Å². The standard InChI is InChI=1S/C10H22O6S4/c11-1-7(13)3-17-19-5-9(15)10(16)6-20-18-4-8(14)2-12/h7-16H,1-6H2. The van der Waals surface area contributed by atoms with Crippen LogP contribution < -0.4 is 0 Å². The van der Waals surface area contributed by atoms with Crippen molar-refractivity contribution in [2.45, 2.75) is 24.4 Å². The molecule has 0 spiro atoms. The van der Waals surface area contributed by atoms with Gasteiger partial charge >= 0.3 is 0 Å².